The number of alkyl halides is 3. The molecule has 0 radical (unpaired) electrons. The van der Waals surface area contributed by atoms with Crippen molar-refractivity contribution in [1.29, 1.82) is 0 Å². The van der Waals surface area contributed by atoms with Crippen LogP contribution < -0.4 is 5.73 Å². The minimum Gasteiger partial charge on any atom is -0.320 e. The van der Waals surface area contributed by atoms with Gasteiger partial charge < -0.3 is 5.73 Å². The summed E-state index contributed by atoms with van der Waals surface area (Å²) in [4.78, 5) is 0. The Morgan fingerprint density at radius 2 is 1.75 bits per heavy atom. The lowest BCUT2D eigenvalue weighted by Crippen LogP contribution is -2.18. The topological polar surface area (TPSA) is 26.0 Å². The third-order valence-corrected chi connectivity index (χ3v) is 4.01. The molecule has 2 N–H and O–H groups in total. The molecule has 0 aromatic heterocycles. The molecule has 0 amide bonds. The van der Waals surface area contributed by atoms with Crippen molar-refractivity contribution in [3.63, 3.8) is 0 Å². The highest BCUT2D eigenvalue weighted by Crippen LogP contribution is 2.36. The summed E-state index contributed by atoms with van der Waals surface area (Å²) in [6.45, 7) is 1.91. The van der Waals surface area contributed by atoms with Crippen molar-refractivity contribution in [1.82, 2.24) is 0 Å². The predicted molar refractivity (Wildman–Crippen MR) is 76.4 cm³/mol. The summed E-state index contributed by atoms with van der Waals surface area (Å²) in [5, 5.41) is 0. The summed E-state index contributed by atoms with van der Waals surface area (Å²) in [5.74, 6) is 0. The molecule has 2 rings (SSSR count). The summed E-state index contributed by atoms with van der Waals surface area (Å²) in [6.07, 6.45) is -4.41. The van der Waals surface area contributed by atoms with E-state index < -0.39 is 17.8 Å². The minimum atomic E-state index is -4.41. The lowest BCUT2D eigenvalue weighted by molar-refractivity contribution is -0.138. The molecule has 20 heavy (non-hydrogen) atoms. The Bertz CT molecular complexity index is 623. The number of rotatable bonds is 2. The highest BCUT2D eigenvalue weighted by Gasteiger charge is 2.34. The van der Waals surface area contributed by atoms with E-state index in [1.807, 2.05) is 13.0 Å². The molecule has 2 aromatic carbocycles. The largest absolute Gasteiger partial charge is 0.416 e. The van der Waals surface area contributed by atoms with Gasteiger partial charge in [-0.2, -0.15) is 13.2 Å². The van der Waals surface area contributed by atoms with E-state index in [-0.39, 0.29) is 5.56 Å². The molecule has 0 saturated heterocycles. The van der Waals surface area contributed by atoms with Crippen molar-refractivity contribution in [2.45, 2.75) is 19.1 Å². The Labute approximate surface area is 123 Å². The van der Waals surface area contributed by atoms with Crippen LogP contribution in [0.2, 0.25) is 0 Å². The molecule has 2 aromatic rings. The summed E-state index contributed by atoms with van der Waals surface area (Å²) < 4.78 is 39.8. The average molecular weight is 344 g/mol. The fourth-order valence-electron chi connectivity index (χ4n) is 2.01. The van der Waals surface area contributed by atoms with E-state index in [4.69, 9.17) is 5.73 Å². The van der Waals surface area contributed by atoms with Gasteiger partial charge in [0.1, 0.15) is 0 Å². The maximum atomic E-state index is 13.0. The number of hydrogen-bond acceptors (Lipinski definition) is 1. The first-order valence-electron chi connectivity index (χ1n) is 5.98. The van der Waals surface area contributed by atoms with Crippen LogP contribution in [0.5, 0.6) is 0 Å². The third kappa shape index (κ3) is 3.04. The Kier molecular flexibility index (Phi) is 4.20. The van der Waals surface area contributed by atoms with Crippen LogP contribution in [0, 0.1) is 6.92 Å². The summed E-state index contributed by atoms with van der Waals surface area (Å²) in [6, 6.07) is 9.92. The fourth-order valence-corrected chi connectivity index (χ4v) is 2.40. The lowest BCUT2D eigenvalue weighted by Gasteiger charge is -2.19. The van der Waals surface area contributed by atoms with E-state index in [0.29, 0.717) is 5.56 Å². The van der Waals surface area contributed by atoms with Crippen molar-refractivity contribution in [2.75, 3.05) is 0 Å². The van der Waals surface area contributed by atoms with Crippen LogP contribution in [0.15, 0.2) is 46.9 Å². The lowest BCUT2D eigenvalue weighted by atomic mass is 9.94. The molecular weight excluding hydrogens is 331 g/mol. The molecule has 0 aliphatic carbocycles. The standard InChI is InChI=1S/C15H13BrF3N/c1-9-6-7-10(8-13(9)16)14(20)11-4-2-3-5-12(11)15(17,18)19/h2-8,14H,20H2,1H3. The van der Waals surface area contributed by atoms with Crippen LogP contribution >= 0.6 is 15.9 Å². The van der Waals surface area contributed by atoms with Gasteiger partial charge in [-0.05, 0) is 35.7 Å². The maximum Gasteiger partial charge on any atom is 0.416 e. The second kappa shape index (κ2) is 5.58. The molecule has 1 unspecified atom stereocenters. The van der Waals surface area contributed by atoms with E-state index in [1.165, 1.54) is 12.1 Å². The van der Waals surface area contributed by atoms with Gasteiger partial charge in [0.2, 0.25) is 0 Å². The molecule has 0 spiro atoms. The van der Waals surface area contributed by atoms with Gasteiger partial charge in [-0.25, -0.2) is 0 Å². The molecule has 0 aliphatic heterocycles. The van der Waals surface area contributed by atoms with Gasteiger partial charge >= 0.3 is 6.18 Å². The molecule has 0 saturated carbocycles. The van der Waals surface area contributed by atoms with E-state index in [1.54, 1.807) is 18.2 Å². The summed E-state index contributed by atoms with van der Waals surface area (Å²) in [7, 11) is 0. The van der Waals surface area contributed by atoms with Gasteiger partial charge in [-0.15, -0.1) is 0 Å². The Morgan fingerprint density at radius 3 is 2.35 bits per heavy atom. The van der Waals surface area contributed by atoms with Gasteiger partial charge in [0.05, 0.1) is 11.6 Å². The van der Waals surface area contributed by atoms with Crippen molar-refractivity contribution in [2.24, 2.45) is 5.73 Å². The Morgan fingerprint density at radius 1 is 1.10 bits per heavy atom. The van der Waals surface area contributed by atoms with Crippen LogP contribution in [-0.4, -0.2) is 0 Å². The van der Waals surface area contributed by atoms with Crippen LogP contribution in [0.4, 0.5) is 13.2 Å². The Hall–Kier alpha value is -1.33. The van der Waals surface area contributed by atoms with E-state index in [9.17, 15) is 13.2 Å². The van der Waals surface area contributed by atoms with E-state index in [2.05, 4.69) is 15.9 Å². The number of nitrogens with two attached hydrogens (primary N) is 1. The average Bonchev–Trinajstić information content (AvgIpc) is 2.40. The van der Waals surface area contributed by atoms with Gasteiger partial charge in [-0.1, -0.05) is 46.3 Å². The first kappa shape index (κ1) is 15.1. The number of aryl methyl sites for hydroxylation is 1. The van der Waals surface area contributed by atoms with Gasteiger partial charge in [-0.3, -0.25) is 0 Å². The van der Waals surface area contributed by atoms with Gasteiger partial charge in [0, 0.05) is 4.47 Å². The monoisotopic (exact) mass is 343 g/mol. The molecule has 5 heteroatoms. The second-order valence-corrected chi connectivity index (χ2v) is 5.43. The second-order valence-electron chi connectivity index (χ2n) is 4.57. The van der Waals surface area contributed by atoms with E-state index in [0.717, 1.165) is 16.1 Å². The summed E-state index contributed by atoms with van der Waals surface area (Å²) in [5.41, 5.74) is 7.04. The Balaban J connectivity index is 2.48. The minimum absolute atomic E-state index is 0.0794. The SMILES string of the molecule is Cc1ccc(C(N)c2ccccc2C(F)(F)F)cc1Br. The smallest absolute Gasteiger partial charge is 0.320 e. The van der Waals surface area contributed by atoms with Crippen LogP contribution in [0.3, 0.4) is 0 Å². The molecule has 0 aliphatic rings. The van der Waals surface area contributed by atoms with E-state index >= 15 is 0 Å². The molecule has 106 valence electrons. The summed E-state index contributed by atoms with van der Waals surface area (Å²) >= 11 is 3.37. The quantitative estimate of drug-likeness (QED) is 0.830. The van der Waals surface area contributed by atoms with Gasteiger partial charge in [0.15, 0.2) is 0 Å². The molecule has 0 fully saturated rings. The van der Waals surface area contributed by atoms with Crippen molar-refractivity contribution < 1.29 is 13.2 Å². The fraction of sp³-hybridized carbons (Fsp3) is 0.200. The van der Waals surface area contributed by atoms with Crippen molar-refractivity contribution >= 4 is 15.9 Å². The molecule has 1 nitrogen and oxygen atoms in total. The molecular formula is C15H13BrF3N. The number of hydrogen-bond donors (Lipinski definition) is 1. The van der Waals surface area contributed by atoms with Crippen molar-refractivity contribution in [3.05, 3.63) is 69.2 Å². The van der Waals surface area contributed by atoms with Crippen molar-refractivity contribution in [3.8, 4) is 0 Å². The molecule has 0 heterocycles. The van der Waals surface area contributed by atoms with Crippen LogP contribution in [-0.2, 0) is 6.18 Å². The third-order valence-electron chi connectivity index (χ3n) is 3.16. The zero-order chi connectivity index (χ0) is 14.9. The van der Waals surface area contributed by atoms with Crippen LogP contribution in [0.1, 0.15) is 28.3 Å². The van der Waals surface area contributed by atoms with Crippen LogP contribution in [0.25, 0.3) is 0 Å². The zero-order valence-electron chi connectivity index (χ0n) is 10.7. The first-order valence-corrected chi connectivity index (χ1v) is 6.77. The highest BCUT2D eigenvalue weighted by atomic mass is 79.9. The molecule has 0 bridgehead atoms. The number of halogens is 4. The predicted octanol–water partition coefficient (Wildman–Crippen LogP) is 4.82. The normalized spacial score (nSPS) is 13.3. The maximum absolute atomic E-state index is 13.0. The number of benzene rings is 2. The van der Waals surface area contributed by atoms with Gasteiger partial charge in [0.25, 0.3) is 0 Å². The zero-order valence-corrected chi connectivity index (χ0v) is 12.3. The highest BCUT2D eigenvalue weighted by molar-refractivity contribution is 9.10. The first-order chi connectivity index (χ1) is 9.30. The molecule has 1 atom stereocenters.